The Morgan fingerprint density at radius 2 is 0.683 bits per heavy atom. The molecule has 0 spiro atoms. The molecule has 8 aliphatic heterocycles. The van der Waals surface area contributed by atoms with Gasteiger partial charge in [0.25, 0.3) is 5.82 Å². The number of H-pyrrole nitrogens is 1. The highest BCUT2D eigenvalue weighted by Gasteiger charge is 2.37. The van der Waals surface area contributed by atoms with E-state index in [4.69, 9.17) is 0 Å². The molecule has 0 saturated carbocycles. The fraction of sp³-hybridized carbons (Fsp3) is 0.673. The Hall–Kier alpha value is -7.26. The zero-order valence-corrected chi connectivity index (χ0v) is 83.9. The lowest BCUT2D eigenvalue weighted by Crippen LogP contribution is -2.51. The zero-order valence-electron chi connectivity index (χ0n) is 83.9. The van der Waals surface area contributed by atoms with Gasteiger partial charge in [0.15, 0.2) is 96.4 Å². The third-order valence-corrected chi connectivity index (χ3v) is 26.8. The fourth-order valence-electron chi connectivity index (χ4n) is 18.6. The van der Waals surface area contributed by atoms with Crippen LogP contribution in [0.3, 0.4) is 0 Å². The maximum absolute atomic E-state index is 3.39. The number of aryl methyl sites for hydroxylation is 1. The summed E-state index contributed by atoms with van der Waals surface area (Å²) >= 11 is 0. The van der Waals surface area contributed by atoms with E-state index in [1.165, 1.54) is 157 Å². The van der Waals surface area contributed by atoms with Gasteiger partial charge in [-0.3, -0.25) is 34.3 Å². The second kappa shape index (κ2) is 45.9. The van der Waals surface area contributed by atoms with Crippen LogP contribution in [0.5, 0.6) is 0 Å². The van der Waals surface area contributed by atoms with Crippen molar-refractivity contribution in [2.45, 2.75) is 416 Å². The molecular weight excluding hydrogens is 1520 g/mol. The number of hydrogen-bond acceptors (Lipinski definition) is 8. The lowest BCUT2D eigenvalue weighted by atomic mass is 10.0. The van der Waals surface area contributed by atoms with E-state index in [1.807, 2.05) is 0 Å². The van der Waals surface area contributed by atoms with Crippen LogP contribution in [-0.4, -0.2) is 138 Å². The summed E-state index contributed by atoms with van der Waals surface area (Å²) in [6.07, 6.45) is 33.9. The Bertz CT molecular complexity index is 4520. The van der Waals surface area contributed by atoms with Crippen LogP contribution in [-0.2, 0) is 91.0 Å². The number of nitrogens with zero attached hydrogens (tertiary/aromatic N) is 18. The molecule has 0 unspecified atom stereocenters. The molecule has 0 saturated heterocycles. The number of pyridine rings is 5. The minimum atomic E-state index is 0.542. The number of nitrogens with one attached hydrogen (secondary N) is 1. The second-order valence-corrected chi connectivity index (χ2v) is 40.8. The van der Waals surface area contributed by atoms with E-state index >= 15 is 0 Å². The maximum Gasteiger partial charge on any atom is 0.360 e. The Morgan fingerprint density at radius 1 is 0.276 bits per heavy atom. The van der Waals surface area contributed by atoms with Crippen molar-refractivity contribution in [2.24, 2.45) is 0 Å². The number of aromatic nitrogens is 11. The van der Waals surface area contributed by atoms with Crippen molar-refractivity contribution in [3.63, 3.8) is 0 Å². The van der Waals surface area contributed by atoms with Gasteiger partial charge in [0.05, 0.1) is 62.7 Å². The standard InChI is InChI=1S/4C14H23N2.C13H21N2.2C12H22N3.C11H19N3/c1-11(2)15-7-5-14-10-16(12(3)4)8-6-13(14)9-15;1-11(2)15-7-5-13-6-8-16(12(3)4)10-14(13)9-15;1-11(2)15-9-7-14-13(10-15)6-5-8-16(14)12(3)4;1-11(2)15-9-7-13-6-5-8-16(12(3)4)14(13)10-15;1-10(2)14-8-12-6-5-7-15(11(3)4)13(12)9-14;1-10(2)14-6-5-13-7-8-15(11(3)4)12(13)9-14;1-10(2)14-7-5-6-13-8-9-15(11(3)4)12(13)14;1-8(2)13-6-5-10-11(13)12-7-14(10)9(3)4/h2*5,7,9,11-12H,6,8,10H2,1-4H3;2*5-6,8,11-12H,7,9-10H2,1-4H3;5-7,10-11H,8-9H2,1-4H3;7-8,10-11H,5-6,9H2,1-4H3;8-11H,5-7H2,1-4H3;7-9H,5-6H2,1-4H3/q7*+1;/p+1. The summed E-state index contributed by atoms with van der Waals surface area (Å²) in [4.78, 5) is 23.6. The molecule has 0 radical (unpaired) electrons. The van der Waals surface area contributed by atoms with Gasteiger partial charge in [-0.05, 0) is 270 Å². The minimum Gasteiger partial charge on any atom is -0.333 e. The number of anilines is 2. The highest BCUT2D eigenvalue weighted by molar-refractivity contribution is 5.47. The lowest BCUT2D eigenvalue weighted by Gasteiger charge is -2.31. The summed E-state index contributed by atoms with van der Waals surface area (Å²) in [5.41, 5.74) is 16.7. The van der Waals surface area contributed by atoms with E-state index in [1.54, 1.807) is 0 Å². The first-order valence-corrected chi connectivity index (χ1v) is 48.6. The molecule has 0 aromatic carbocycles. The molecule has 8 aromatic rings. The quantitative estimate of drug-likeness (QED) is 0.0959. The van der Waals surface area contributed by atoms with Crippen LogP contribution < -0.4 is 46.3 Å². The number of hydrogen-bond donors (Lipinski definition) is 1. The molecular formula is C104H177N19+8. The highest BCUT2D eigenvalue weighted by atomic mass is 15.4. The van der Waals surface area contributed by atoms with Crippen molar-refractivity contribution >= 4 is 11.8 Å². The normalized spacial score (nSPS) is 16.7. The molecule has 0 atom stereocenters. The summed E-state index contributed by atoms with van der Waals surface area (Å²) in [6, 6.07) is 27.5. The predicted molar refractivity (Wildman–Crippen MR) is 507 cm³/mol. The molecule has 19 nitrogen and oxygen atoms in total. The monoisotopic (exact) mass is 1690 g/mol. The summed E-state index contributed by atoms with van der Waals surface area (Å²) in [7, 11) is 0. The largest absolute Gasteiger partial charge is 0.360 e. The molecule has 16 heterocycles. The average molecular weight is 1690 g/mol. The van der Waals surface area contributed by atoms with E-state index in [9.17, 15) is 0 Å². The molecule has 16 rings (SSSR count). The zero-order chi connectivity index (χ0) is 90.1. The van der Waals surface area contributed by atoms with Gasteiger partial charge in [0, 0.05) is 185 Å². The van der Waals surface area contributed by atoms with E-state index in [-0.39, 0.29) is 0 Å². The van der Waals surface area contributed by atoms with Crippen LogP contribution in [0.25, 0.3) is 0 Å². The molecule has 0 amide bonds. The molecule has 123 heavy (non-hydrogen) atoms. The molecule has 8 aromatic heterocycles. The number of rotatable bonds is 16. The lowest BCUT2D eigenvalue weighted by molar-refractivity contribution is -0.724. The number of imidazole rings is 3. The van der Waals surface area contributed by atoms with Gasteiger partial charge in [0.1, 0.15) is 25.5 Å². The van der Waals surface area contributed by atoms with Crippen molar-refractivity contribution in [3.8, 4) is 0 Å². The van der Waals surface area contributed by atoms with E-state index in [2.05, 4.69) is 434 Å². The molecule has 8 aliphatic rings. The first-order chi connectivity index (χ1) is 58.2. The van der Waals surface area contributed by atoms with Crippen molar-refractivity contribution in [1.82, 2.24) is 43.5 Å². The predicted octanol–water partition coefficient (Wildman–Crippen LogP) is 16.8. The minimum absolute atomic E-state index is 0.542. The summed E-state index contributed by atoms with van der Waals surface area (Å²) in [5, 5.41) is 0. The number of fused-ring (bicyclic) bond motifs is 8. The van der Waals surface area contributed by atoms with Crippen LogP contribution in [0.4, 0.5) is 11.8 Å². The SMILES string of the molecule is CC(C)N1CCC[n+]2ccn(C(C)C)c21.CC(C)N1CC[n+]2ccn(C(C)C)c2C1.CC(C)N1CCc2c(ccc[n+]2C(C)C)C1.CC(C)N1CCc2c1[nH]c[n+]2C(C)C.CC(C)N1CCc2c[n+](C(C)C)ccc2C1.CC(C)N1CCc2cc[n+](C(C)C)cc2C1.CC(C)N1CCc2ccc[n+](C(C)C)c2C1.CC(C)N1Cc2ccc[n+](C(C)C)c2C1. The fourth-order valence-corrected chi connectivity index (χ4v) is 18.6. The van der Waals surface area contributed by atoms with Crippen LogP contribution in [0.1, 0.15) is 344 Å². The van der Waals surface area contributed by atoms with E-state index < -0.39 is 0 Å². The summed E-state index contributed by atoms with van der Waals surface area (Å²) < 4.78 is 23.7. The van der Waals surface area contributed by atoms with Crippen LogP contribution >= 0.6 is 0 Å². The smallest absolute Gasteiger partial charge is 0.333 e. The molecule has 0 aliphatic carbocycles. The van der Waals surface area contributed by atoms with Gasteiger partial charge in [-0.2, -0.15) is 9.13 Å². The van der Waals surface area contributed by atoms with Gasteiger partial charge < -0.3 is 4.90 Å². The van der Waals surface area contributed by atoms with Crippen molar-refractivity contribution < 1.29 is 36.5 Å². The van der Waals surface area contributed by atoms with Gasteiger partial charge in [-0.1, -0.05) is 0 Å². The van der Waals surface area contributed by atoms with E-state index in [0.29, 0.717) is 96.7 Å². The Balaban J connectivity index is 0.000000160. The molecule has 0 bridgehead atoms. The van der Waals surface area contributed by atoms with Crippen molar-refractivity contribution in [1.29, 1.82) is 0 Å². The van der Waals surface area contributed by atoms with Gasteiger partial charge >= 0.3 is 5.95 Å². The summed E-state index contributed by atoms with van der Waals surface area (Å²) in [5.74, 6) is 4.16. The summed E-state index contributed by atoms with van der Waals surface area (Å²) in [6.45, 7) is 90.6. The second-order valence-electron chi connectivity index (χ2n) is 40.8. The average Bonchev–Trinajstić information content (AvgIpc) is 1.62. The topological polar surface area (TPSA) is 82.6 Å². The molecule has 0 fully saturated rings. The van der Waals surface area contributed by atoms with Gasteiger partial charge in [-0.15, -0.1) is 0 Å². The van der Waals surface area contributed by atoms with Crippen LogP contribution in [0.15, 0.2) is 123 Å². The number of aromatic amines is 1. The van der Waals surface area contributed by atoms with Gasteiger partial charge in [-0.25, -0.2) is 41.5 Å². The van der Waals surface area contributed by atoms with E-state index in [0.717, 1.165) is 65.4 Å². The first kappa shape index (κ1) is 99.5. The molecule has 680 valence electrons. The Labute approximate surface area is 749 Å². The third kappa shape index (κ3) is 26.2. The van der Waals surface area contributed by atoms with Crippen molar-refractivity contribution in [3.05, 3.63) is 191 Å². The van der Waals surface area contributed by atoms with Gasteiger partial charge in [0.2, 0.25) is 12.1 Å². The third-order valence-electron chi connectivity index (χ3n) is 26.8. The molecule has 19 heteroatoms. The highest BCUT2D eigenvalue weighted by Crippen LogP contribution is 2.29. The maximum atomic E-state index is 3.39. The van der Waals surface area contributed by atoms with Crippen LogP contribution in [0.2, 0.25) is 0 Å². The molecule has 1 N–H and O–H groups in total. The Morgan fingerprint density at radius 3 is 1.20 bits per heavy atom. The van der Waals surface area contributed by atoms with Crippen LogP contribution in [0, 0.1) is 0 Å². The Kier molecular flexibility index (Phi) is 37.2. The first-order valence-electron chi connectivity index (χ1n) is 48.6. The van der Waals surface area contributed by atoms with Crippen molar-refractivity contribution in [2.75, 3.05) is 55.6 Å².